The Kier molecular flexibility index (Phi) is 10.3. The highest BCUT2D eigenvalue weighted by Gasteiger charge is 2.30. The van der Waals surface area contributed by atoms with Gasteiger partial charge in [0, 0.05) is 29.4 Å². The van der Waals surface area contributed by atoms with E-state index in [1.807, 2.05) is 84.9 Å². The summed E-state index contributed by atoms with van der Waals surface area (Å²) in [4.78, 5) is 37.8. The van der Waals surface area contributed by atoms with E-state index in [9.17, 15) is 14.4 Å². The maximum atomic E-state index is 13.2. The van der Waals surface area contributed by atoms with Crippen molar-refractivity contribution < 1.29 is 24.2 Å². The molecule has 0 aliphatic heterocycles. The Hall–Kier alpha value is -4.33. The number of hydrazine groups is 1. The number of anilines is 1. The molecule has 39 heavy (non-hydrogen) atoms. The first-order valence-corrected chi connectivity index (χ1v) is 12.6. The summed E-state index contributed by atoms with van der Waals surface area (Å²) < 4.78 is 5.29. The second kappa shape index (κ2) is 13.0. The molecular weight excluding hydrogens is 494 g/mol. The van der Waals surface area contributed by atoms with Gasteiger partial charge >= 0.3 is 6.09 Å². The average molecular weight is 534 g/mol. The molecule has 0 fully saturated rings. The van der Waals surface area contributed by atoms with Crippen LogP contribution in [0.2, 0.25) is 0 Å². The molecule has 3 aromatic carbocycles. The Morgan fingerprint density at radius 3 is 1.95 bits per heavy atom. The number of carbonyl (C=O) groups is 3. The molecular formula is C31H39N3O5. The van der Waals surface area contributed by atoms with E-state index in [-0.39, 0.29) is 11.8 Å². The van der Waals surface area contributed by atoms with Crippen LogP contribution in [0.1, 0.15) is 63.7 Å². The Bertz CT molecular complexity index is 1320. The van der Waals surface area contributed by atoms with Crippen molar-refractivity contribution in [2.24, 2.45) is 0 Å². The zero-order valence-electron chi connectivity index (χ0n) is 24.2. The van der Waals surface area contributed by atoms with E-state index < -0.39 is 11.6 Å². The summed E-state index contributed by atoms with van der Waals surface area (Å²) in [7, 11) is 3.09. The Balaban J connectivity index is 0.000000370. The molecule has 3 rings (SSSR count). The number of ether oxygens (including phenoxy) is 1. The number of nitrogens with zero attached hydrogens (tertiary/aromatic N) is 2. The molecule has 0 saturated heterocycles. The molecule has 0 unspecified atom stereocenters. The minimum absolute atomic E-state index is 0.247. The molecule has 3 aromatic rings. The van der Waals surface area contributed by atoms with Crippen molar-refractivity contribution in [2.75, 3.05) is 19.1 Å². The van der Waals surface area contributed by atoms with E-state index in [1.165, 1.54) is 17.0 Å². The standard InChI is InChI=1S/C22H28N2O3.C9H11NO2/c1-14-11-15(2)13-17(12-14)21(26)24(22(4,5)6)23-20(25)18-9-8-10-19(27-7)16(18)3;1-7-4-3-5-8(6-7)10(2)9(11)12/h8-13H,1-7H3,(H,23,25);3-6H,1-2H3,(H,11,12). The minimum Gasteiger partial charge on any atom is -0.496 e. The topological polar surface area (TPSA) is 99.2 Å². The third-order valence-corrected chi connectivity index (χ3v) is 5.98. The lowest BCUT2D eigenvalue weighted by Crippen LogP contribution is -2.56. The van der Waals surface area contributed by atoms with Gasteiger partial charge in [-0.15, -0.1) is 0 Å². The fraction of sp³-hybridized carbons (Fsp3) is 0.323. The van der Waals surface area contributed by atoms with E-state index in [1.54, 1.807) is 31.4 Å². The number of hydrogen-bond donors (Lipinski definition) is 2. The third-order valence-electron chi connectivity index (χ3n) is 5.98. The van der Waals surface area contributed by atoms with Gasteiger partial charge in [0.25, 0.3) is 11.8 Å². The van der Waals surface area contributed by atoms with Crippen LogP contribution < -0.4 is 15.1 Å². The number of carbonyl (C=O) groups excluding carboxylic acids is 2. The van der Waals surface area contributed by atoms with Gasteiger partial charge < -0.3 is 9.84 Å². The Labute approximate surface area is 231 Å². The first-order valence-electron chi connectivity index (χ1n) is 12.6. The number of aryl methyl sites for hydroxylation is 3. The highest BCUT2D eigenvalue weighted by molar-refractivity contribution is 6.00. The molecule has 208 valence electrons. The zero-order chi connectivity index (χ0) is 29.5. The number of hydrogen-bond acceptors (Lipinski definition) is 4. The molecule has 0 aromatic heterocycles. The second-order valence-electron chi connectivity index (χ2n) is 10.4. The maximum Gasteiger partial charge on any atom is 0.411 e. The molecule has 8 nitrogen and oxygen atoms in total. The molecule has 0 heterocycles. The largest absolute Gasteiger partial charge is 0.496 e. The molecule has 3 amide bonds. The number of rotatable bonds is 4. The lowest BCUT2D eigenvalue weighted by atomic mass is 10.0. The molecule has 0 aliphatic carbocycles. The van der Waals surface area contributed by atoms with Crippen molar-refractivity contribution in [1.29, 1.82) is 0 Å². The SMILES string of the molecule is COc1cccc(C(=O)NN(C(=O)c2cc(C)cc(C)c2)C(C)(C)C)c1C.Cc1cccc(N(C)C(=O)O)c1. The molecule has 0 atom stereocenters. The first-order chi connectivity index (χ1) is 18.1. The van der Waals surface area contributed by atoms with Gasteiger partial charge in [0.15, 0.2) is 0 Å². The molecule has 0 bridgehead atoms. The summed E-state index contributed by atoms with van der Waals surface area (Å²) in [5.74, 6) is 0.0350. The van der Waals surface area contributed by atoms with Crippen molar-refractivity contribution in [3.8, 4) is 5.75 Å². The quantitative estimate of drug-likeness (QED) is 0.383. The van der Waals surface area contributed by atoms with E-state index in [2.05, 4.69) is 5.43 Å². The molecule has 0 aliphatic rings. The van der Waals surface area contributed by atoms with Crippen molar-refractivity contribution in [3.63, 3.8) is 0 Å². The van der Waals surface area contributed by atoms with E-state index >= 15 is 0 Å². The highest BCUT2D eigenvalue weighted by atomic mass is 16.5. The summed E-state index contributed by atoms with van der Waals surface area (Å²) >= 11 is 0. The van der Waals surface area contributed by atoms with Crippen LogP contribution in [0.25, 0.3) is 0 Å². The number of methoxy groups -OCH3 is 1. The van der Waals surface area contributed by atoms with Crippen LogP contribution in [0.5, 0.6) is 5.75 Å². The van der Waals surface area contributed by atoms with Crippen LogP contribution in [0.15, 0.2) is 60.7 Å². The molecule has 8 heteroatoms. The van der Waals surface area contributed by atoms with E-state index in [0.29, 0.717) is 22.6 Å². The van der Waals surface area contributed by atoms with Gasteiger partial charge in [-0.25, -0.2) is 9.80 Å². The van der Waals surface area contributed by atoms with Gasteiger partial charge in [-0.3, -0.25) is 19.9 Å². The fourth-order valence-corrected chi connectivity index (χ4v) is 3.94. The van der Waals surface area contributed by atoms with Gasteiger partial charge in [-0.1, -0.05) is 35.4 Å². The van der Waals surface area contributed by atoms with Gasteiger partial charge in [0.2, 0.25) is 0 Å². The second-order valence-corrected chi connectivity index (χ2v) is 10.4. The molecule has 0 saturated carbocycles. The van der Waals surface area contributed by atoms with Crippen molar-refractivity contribution >= 4 is 23.6 Å². The maximum absolute atomic E-state index is 13.2. The van der Waals surface area contributed by atoms with Crippen LogP contribution in [-0.4, -0.2) is 47.7 Å². The number of nitrogens with one attached hydrogen (secondary N) is 1. The zero-order valence-corrected chi connectivity index (χ0v) is 24.2. The minimum atomic E-state index is -0.944. The van der Waals surface area contributed by atoms with Crippen LogP contribution >= 0.6 is 0 Å². The Morgan fingerprint density at radius 1 is 0.846 bits per heavy atom. The van der Waals surface area contributed by atoms with Crippen LogP contribution in [0.4, 0.5) is 10.5 Å². The summed E-state index contributed by atoms with van der Waals surface area (Å²) in [6.45, 7) is 13.3. The predicted molar refractivity (Wildman–Crippen MR) is 155 cm³/mol. The average Bonchev–Trinajstić information content (AvgIpc) is 2.85. The first kappa shape index (κ1) is 30.9. The van der Waals surface area contributed by atoms with Crippen molar-refractivity contribution in [1.82, 2.24) is 10.4 Å². The normalized spacial score (nSPS) is 10.6. The van der Waals surface area contributed by atoms with Crippen LogP contribution in [0.3, 0.4) is 0 Å². The molecule has 0 spiro atoms. The van der Waals surface area contributed by atoms with Gasteiger partial charge in [-0.2, -0.15) is 0 Å². The van der Waals surface area contributed by atoms with Gasteiger partial charge in [0.1, 0.15) is 5.75 Å². The summed E-state index contributed by atoms with van der Waals surface area (Å²) in [5.41, 5.74) is 7.69. The van der Waals surface area contributed by atoms with Gasteiger partial charge in [0.05, 0.1) is 12.6 Å². The lowest BCUT2D eigenvalue weighted by molar-refractivity contribution is 0.0358. The number of carboxylic acid groups (broad SMARTS) is 1. The monoisotopic (exact) mass is 533 g/mol. The van der Waals surface area contributed by atoms with Crippen molar-refractivity contribution in [2.45, 2.75) is 54.0 Å². The molecule has 2 N–H and O–H groups in total. The number of amides is 3. The molecule has 0 radical (unpaired) electrons. The highest BCUT2D eigenvalue weighted by Crippen LogP contribution is 2.22. The third kappa shape index (κ3) is 8.33. The lowest BCUT2D eigenvalue weighted by Gasteiger charge is -2.35. The van der Waals surface area contributed by atoms with Gasteiger partial charge in [-0.05, 0) is 90.4 Å². The van der Waals surface area contributed by atoms with Crippen LogP contribution in [-0.2, 0) is 0 Å². The summed E-state index contributed by atoms with van der Waals surface area (Å²) in [6, 6.07) is 18.3. The summed E-state index contributed by atoms with van der Waals surface area (Å²) in [6.07, 6.45) is -0.944. The smallest absolute Gasteiger partial charge is 0.411 e. The van der Waals surface area contributed by atoms with E-state index in [4.69, 9.17) is 9.84 Å². The number of benzene rings is 3. The van der Waals surface area contributed by atoms with Crippen molar-refractivity contribution in [3.05, 3.63) is 94.0 Å². The predicted octanol–water partition coefficient (Wildman–Crippen LogP) is 6.32. The fourth-order valence-electron chi connectivity index (χ4n) is 3.94. The Morgan fingerprint density at radius 2 is 1.44 bits per heavy atom. The van der Waals surface area contributed by atoms with E-state index in [0.717, 1.165) is 22.3 Å². The summed E-state index contributed by atoms with van der Waals surface area (Å²) in [5, 5.41) is 10.0. The van der Waals surface area contributed by atoms with Crippen LogP contribution in [0, 0.1) is 27.7 Å².